The van der Waals surface area contributed by atoms with Gasteiger partial charge in [0.2, 0.25) is 0 Å². The van der Waals surface area contributed by atoms with Gasteiger partial charge >= 0.3 is 0 Å². The largest absolute Gasteiger partial charge is 0.491 e. The second-order valence-electron chi connectivity index (χ2n) is 4.30. The molecule has 0 bridgehead atoms. The summed E-state index contributed by atoms with van der Waals surface area (Å²) in [6.45, 7) is 5.46. The first-order valence-corrected chi connectivity index (χ1v) is 9.01. The van der Waals surface area contributed by atoms with E-state index in [0.717, 1.165) is 16.8 Å². The lowest BCUT2D eigenvalue weighted by atomic mass is 10.3. The van der Waals surface area contributed by atoms with Crippen LogP contribution in [0.15, 0.2) is 30.3 Å². The molecule has 0 aliphatic carbocycles. The Morgan fingerprint density at radius 3 is 1.55 bits per heavy atom. The van der Waals surface area contributed by atoms with Crippen molar-refractivity contribution < 1.29 is 23.7 Å². The van der Waals surface area contributed by atoms with Gasteiger partial charge in [0.05, 0.1) is 52.9 Å². The van der Waals surface area contributed by atoms with E-state index >= 15 is 0 Å². The lowest BCUT2D eigenvalue weighted by Gasteiger charge is -2.08. The van der Waals surface area contributed by atoms with Crippen LogP contribution < -0.4 is 4.74 Å². The van der Waals surface area contributed by atoms with E-state index in [1.54, 1.807) is 0 Å². The summed E-state index contributed by atoms with van der Waals surface area (Å²) in [6, 6.07) is 9.71. The number of hydrogen-bond acceptors (Lipinski definition) is 5. The summed E-state index contributed by atoms with van der Waals surface area (Å²) in [5.41, 5.74) is 0. The van der Waals surface area contributed by atoms with Crippen LogP contribution in [0.25, 0.3) is 0 Å². The van der Waals surface area contributed by atoms with Crippen molar-refractivity contribution in [3.8, 4) is 5.75 Å². The Bertz CT molecular complexity index is 337. The van der Waals surface area contributed by atoms with Crippen LogP contribution in [-0.4, -0.2) is 63.9 Å². The molecular formula is C16H25IO5. The minimum Gasteiger partial charge on any atom is -0.491 e. The summed E-state index contributed by atoms with van der Waals surface area (Å²) in [7, 11) is 0. The predicted molar refractivity (Wildman–Crippen MR) is 94.1 cm³/mol. The standard InChI is InChI=1S/C16H25IO5/c17-6-7-18-8-9-19-10-11-20-12-13-21-14-15-22-16-4-2-1-3-5-16/h1-5H,6-15H2. The first kappa shape index (κ1) is 19.6. The van der Waals surface area contributed by atoms with Crippen LogP contribution in [0.1, 0.15) is 0 Å². The Morgan fingerprint density at radius 2 is 1.05 bits per heavy atom. The molecule has 0 heterocycles. The topological polar surface area (TPSA) is 46.2 Å². The molecule has 5 nitrogen and oxygen atoms in total. The first-order valence-electron chi connectivity index (χ1n) is 7.48. The monoisotopic (exact) mass is 424 g/mol. The van der Waals surface area contributed by atoms with E-state index in [-0.39, 0.29) is 0 Å². The zero-order chi connectivity index (χ0) is 15.7. The Morgan fingerprint density at radius 1 is 0.591 bits per heavy atom. The fourth-order valence-corrected chi connectivity index (χ4v) is 1.86. The molecule has 1 aromatic rings. The average molecular weight is 424 g/mol. The Hall–Kier alpha value is -0.410. The zero-order valence-corrected chi connectivity index (χ0v) is 15.0. The smallest absolute Gasteiger partial charge is 0.119 e. The van der Waals surface area contributed by atoms with Gasteiger partial charge in [0.15, 0.2) is 0 Å². The molecule has 0 amide bonds. The van der Waals surface area contributed by atoms with Gasteiger partial charge in [-0.15, -0.1) is 0 Å². The van der Waals surface area contributed by atoms with Gasteiger partial charge in [-0.1, -0.05) is 40.8 Å². The molecule has 0 unspecified atom stereocenters. The van der Waals surface area contributed by atoms with Crippen LogP contribution in [-0.2, 0) is 18.9 Å². The van der Waals surface area contributed by atoms with Crippen molar-refractivity contribution >= 4 is 22.6 Å². The lowest BCUT2D eigenvalue weighted by molar-refractivity contribution is -0.00308. The summed E-state index contributed by atoms with van der Waals surface area (Å²) < 4.78 is 28.0. The molecule has 0 fully saturated rings. The van der Waals surface area contributed by atoms with Crippen molar-refractivity contribution in [1.29, 1.82) is 0 Å². The average Bonchev–Trinajstić information content (AvgIpc) is 2.56. The molecule has 1 aromatic carbocycles. The molecular weight excluding hydrogens is 399 g/mol. The summed E-state index contributed by atoms with van der Waals surface area (Å²) in [4.78, 5) is 0. The fourth-order valence-electron chi connectivity index (χ4n) is 1.55. The van der Waals surface area contributed by atoms with Crippen molar-refractivity contribution in [2.24, 2.45) is 0 Å². The molecule has 0 N–H and O–H groups in total. The van der Waals surface area contributed by atoms with Gasteiger partial charge in [-0.2, -0.15) is 0 Å². The van der Waals surface area contributed by atoms with Crippen LogP contribution in [0.2, 0.25) is 0 Å². The van der Waals surface area contributed by atoms with E-state index in [1.165, 1.54) is 0 Å². The molecule has 0 spiro atoms. The first-order chi connectivity index (χ1) is 10.9. The van der Waals surface area contributed by atoms with E-state index in [4.69, 9.17) is 23.7 Å². The number of ether oxygens (including phenoxy) is 5. The van der Waals surface area contributed by atoms with Crippen molar-refractivity contribution in [2.45, 2.75) is 0 Å². The third kappa shape index (κ3) is 12.2. The highest BCUT2D eigenvalue weighted by molar-refractivity contribution is 14.1. The molecule has 0 radical (unpaired) electrons. The Kier molecular flexibility index (Phi) is 13.8. The van der Waals surface area contributed by atoms with Gasteiger partial charge in [0.1, 0.15) is 12.4 Å². The predicted octanol–water partition coefficient (Wildman–Crippen LogP) is 2.57. The lowest BCUT2D eigenvalue weighted by Crippen LogP contribution is -2.14. The van der Waals surface area contributed by atoms with Crippen LogP contribution in [0.3, 0.4) is 0 Å². The maximum atomic E-state index is 5.51. The minimum absolute atomic E-state index is 0.546. The second-order valence-corrected chi connectivity index (χ2v) is 5.38. The molecule has 1 rings (SSSR count). The van der Waals surface area contributed by atoms with E-state index in [1.807, 2.05) is 30.3 Å². The fraction of sp³-hybridized carbons (Fsp3) is 0.625. The minimum atomic E-state index is 0.546. The summed E-state index contributed by atoms with van der Waals surface area (Å²) in [5.74, 6) is 0.863. The molecule has 126 valence electrons. The van der Waals surface area contributed by atoms with Gasteiger partial charge in [-0.05, 0) is 12.1 Å². The van der Waals surface area contributed by atoms with E-state index < -0.39 is 0 Å². The normalized spacial score (nSPS) is 10.8. The summed E-state index contributed by atoms with van der Waals surface area (Å²) in [5, 5.41) is 0. The zero-order valence-electron chi connectivity index (χ0n) is 12.9. The van der Waals surface area contributed by atoms with Crippen LogP contribution in [0.4, 0.5) is 0 Å². The van der Waals surface area contributed by atoms with Crippen LogP contribution in [0.5, 0.6) is 5.75 Å². The van der Waals surface area contributed by atoms with Crippen molar-refractivity contribution in [3.63, 3.8) is 0 Å². The quantitative estimate of drug-likeness (QED) is 0.246. The maximum Gasteiger partial charge on any atom is 0.119 e. The van der Waals surface area contributed by atoms with Gasteiger partial charge < -0.3 is 23.7 Å². The Labute approximate surface area is 146 Å². The van der Waals surface area contributed by atoms with Gasteiger partial charge in [-0.25, -0.2) is 0 Å². The number of benzene rings is 1. The molecule has 0 aliphatic rings. The number of halogens is 1. The van der Waals surface area contributed by atoms with Crippen molar-refractivity contribution in [3.05, 3.63) is 30.3 Å². The molecule has 6 heteroatoms. The Balaban J connectivity index is 1.73. The highest BCUT2D eigenvalue weighted by Crippen LogP contribution is 2.07. The third-order valence-corrected chi connectivity index (χ3v) is 3.02. The SMILES string of the molecule is ICCOCCOCCOCCOCCOc1ccccc1. The highest BCUT2D eigenvalue weighted by Gasteiger charge is 1.94. The van der Waals surface area contributed by atoms with E-state index in [0.29, 0.717) is 52.9 Å². The number of alkyl halides is 1. The van der Waals surface area contributed by atoms with Gasteiger partial charge in [0, 0.05) is 4.43 Å². The highest BCUT2D eigenvalue weighted by atomic mass is 127. The number of rotatable bonds is 15. The van der Waals surface area contributed by atoms with E-state index in [9.17, 15) is 0 Å². The third-order valence-electron chi connectivity index (χ3n) is 2.58. The molecule has 0 saturated carbocycles. The summed E-state index contributed by atoms with van der Waals surface area (Å²) >= 11 is 2.28. The molecule has 0 saturated heterocycles. The van der Waals surface area contributed by atoms with Crippen LogP contribution in [0, 0.1) is 0 Å². The van der Waals surface area contributed by atoms with Gasteiger partial charge in [0.25, 0.3) is 0 Å². The number of para-hydroxylation sites is 1. The van der Waals surface area contributed by atoms with Crippen molar-refractivity contribution in [2.75, 3.05) is 63.9 Å². The van der Waals surface area contributed by atoms with E-state index in [2.05, 4.69) is 22.6 Å². The molecule has 0 aromatic heterocycles. The van der Waals surface area contributed by atoms with Crippen molar-refractivity contribution in [1.82, 2.24) is 0 Å². The summed E-state index contributed by atoms with van der Waals surface area (Å²) in [6.07, 6.45) is 0. The van der Waals surface area contributed by atoms with Gasteiger partial charge in [-0.3, -0.25) is 0 Å². The second kappa shape index (κ2) is 15.5. The van der Waals surface area contributed by atoms with Crippen LogP contribution >= 0.6 is 22.6 Å². The molecule has 0 aliphatic heterocycles. The molecule has 22 heavy (non-hydrogen) atoms. The molecule has 0 atom stereocenters. The maximum absolute atomic E-state index is 5.51. The number of hydrogen-bond donors (Lipinski definition) is 0.